The molecule has 0 aromatic carbocycles. The summed E-state index contributed by atoms with van der Waals surface area (Å²) in [6.07, 6.45) is 8.96. The standard InChI is InChI=1S/C15H28N2O/c1-14(2)9-12(10-15(3,4)17-14)16-11-13-7-5-6-8-18-13/h6,8,12-13,16-17H,5,7,9-11H2,1-4H3. The van der Waals surface area contributed by atoms with Crippen LogP contribution in [0.25, 0.3) is 0 Å². The van der Waals surface area contributed by atoms with Gasteiger partial charge in [-0.05, 0) is 59.5 Å². The molecular formula is C15H28N2O. The van der Waals surface area contributed by atoms with E-state index in [1.165, 1.54) is 12.8 Å². The number of hydrogen-bond acceptors (Lipinski definition) is 3. The first-order valence-corrected chi connectivity index (χ1v) is 7.20. The van der Waals surface area contributed by atoms with Gasteiger partial charge in [-0.1, -0.05) is 0 Å². The van der Waals surface area contributed by atoms with Crippen LogP contribution < -0.4 is 10.6 Å². The fraction of sp³-hybridized carbons (Fsp3) is 0.867. The summed E-state index contributed by atoms with van der Waals surface area (Å²) in [6.45, 7) is 10.1. The Bertz CT molecular complexity index is 294. The predicted molar refractivity (Wildman–Crippen MR) is 75.6 cm³/mol. The monoisotopic (exact) mass is 252 g/mol. The maximum absolute atomic E-state index is 5.61. The van der Waals surface area contributed by atoms with E-state index >= 15 is 0 Å². The third-order valence-corrected chi connectivity index (χ3v) is 3.85. The van der Waals surface area contributed by atoms with E-state index in [4.69, 9.17) is 4.74 Å². The Hall–Kier alpha value is -0.540. The van der Waals surface area contributed by atoms with Crippen molar-refractivity contribution in [2.75, 3.05) is 6.54 Å². The molecule has 1 saturated heterocycles. The van der Waals surface area contributed by atoms with Crippen molar-refractivity contribution in [3.05, 3.63) is 12.3 Å². The van der Waals surface area contributed by atoms with Gasteiger partial charge in [-0.15, -0.1) is 0 Å². The predicted octanol–water partition coefficient (Wildman–Crippen LogP) is 2.58. The van der Waals surface area contributed by atoms with E-state index in [0.29, 0.717) is 12.1 Å². The van der Waals surface area contributed by atoms with E-state index < -0.39 is 0 Å². The first kappa shape index (κ1) is 13.9. The molecule has 104 valence electrons. The smallest absolute Gasteiger partial charge is 0.110 e. The molecule has 18 heavy (non-hydrogen) atoms. The first-order valence-electron chi connectivity index (χ1n) is 7.20. The molecule has 0 aromatic heterocycles. The molecule has 0 aliphatic carbocycles. The van der Waals surface area contributed by atoms with Crippen LogP contribution in [0.15, 0.2) is 12.3 Å². The highest BCUT2D eigenvalue weighted by atomic mass is 16.5. The van der Waals surface area contributed by atoms with Crippen LogP contribution in [0.2, 0.25) is 0 Å². The SMILES string of the molecule is CC1(C)CC(NCC2CCC=CO2)CC(C)(C)N1. The topological polar surface area (TPSA) is 33.3 Å². The molecule has 0 aromatic rings. The minimum atomic E-state index is 0.215. The Morgan fingerprint density at radius 2 is 1.89 bits per heavy atom. The van der Waals surface area contributed by atoms with Crippen molar-refractivity contribution >= 4 is 0 Å². The van der Waals surface area contributed by atoms with Crippen LogP contribution in [-0.4, -0.2) is 29.8 Å². The van der Waals surface area contributed by atoms with E-state index in [0.717, 1.165) is 19.4 Å². The lowest BCUT2D eigenvalue weighted by Crippen LogP contribution is -2.62. The van der Waals surface area contributed by atoms with Gasteiger partial charge in [0.05, 0.1) is 6.26 Å². The molecule has 0 spiro atoms. The molecule has 2 heterocycles. The average molecular weight is 252 g/mol. The number of rotatable bonds is 3. The average Bonchev–Trinajstić information content (AvgIpc) is 2.24. The zero-order chi connectivity index (χ0) is 13.2. The number of allylic oxidation sites excluding steroid dienone is 1. The molecule has 2 N–H and O–H groups in total. The van der Waals surface area contributed by atoms with E-state index in [1.54, 1.807) is 0 Å². The van der Waals surface area contributed by atoms with Gasteiger partial charge in [-0.2, -0.15) is 0 Å². The lowest BCUT2D eigenvalue weighted by Gasteiger charge is -2.47. The van der Waals surface area contributed by atoms with E-state index in [-0.39, 0.29) is 11.1 Å². The van der Waals surface area contributed by atoms with Gasteiger partial charge < -0.3 is 15.4 Å². The third kappa shape index (κ3) is 3.99. The Labute approximate surface area is 111 Å². The Kier molecular flexibility index (Phi) is 4.02. The second-order valence-corrected chi connectivity index (χ2v) is 7.11. The summed E-state index contributed by atoms with van der Waals surface area (Å²) >= 11 is 0. The third-order valence-electron chi connectivity index (χ3n) is 3.85. The van der Waals surface area contributed by atoms with E-state index in [9.17, 15) is 0 Å². The van der Waals surface area contributed by atoms with Crippen LogP contribution in [0.3, 0.4) is 0 Å². The van der Waals surface area contributed by atoms with Crippen LogP contribution in [0.5, 0.6) is 0 Å². The van der Waals surface area contributed by atoms with Crippen LogP contribution in [0.1, 0.15) is 53.4 Å². The summed E-state index contributed by atoms with van der Waals surface area (Å²) in [5.41, 5.74) is 0.430. The molecule has 0 amide bonds. The Morgan fingerprint density at radius 3 is 2.44 bits per heavy atom. The second-order valence-electron chi connectivity index (χ2n) is 7.11. The summed E-state index contributed by atoms with van der Waals surface area (Å²) < 4.78 is 5.61. The second kappa shape index (κ2) is 5.22. The maximum atomic E-state index is 5.61. The number of nitrogens with one attached hydrogen (secondary N) is 2. The molecule has 0 radical (unpaired) electrons. The number of hydrogen-bond donors (Lipinski definition) is 2. The molecule has 2 rings (SSSR count). The van der Waals surface area contributed by atoms with Gasteiger partial charge in [0, 0.05) is 23.7 Å². The van der Waals surface area contributed by atoms with Crippen molar-refractivity contribution in [3.8, 4) is 0 Å². The fourth-order valence-corrected chi connectivity index (χ4v) is 3.50. The Morgan fingerprint density at radius 1 is 1.22 bits per heavy atom. The van der Waals surface area contributed by atoms with Crippen molar-refractivity contribution in [2.45, 2.75) is 76.6 Å². The molecule has 0 saturated carbocycles. The van der Waals surface area contributed by atoms with Crippen LogP contribution in [0, 0.1) is 0 Å². The number of ether oxygens (including phenoxy) is 1. The highest BCUT2D eigenvalue weighted by Gasteiger charge is 2.37. The van der Waals surface area contributed by atoms with Crippen molar-refractivity contribution < 1.29 is 4.74 Å². The van der Waals surface area contributed by atoms with Gasteiger partial charge in [0.25, 0.3) is 0 Å². The highest BCUT2D eigenvalue weighted by molar-refractivity contribution is 4.99. The van der Waals surface area contributed by atoms with Crippen LogP contribution in [-0.2, 0) is 4.74 Å². The molecule has 2 aliphatic heterocycles. The van der Waals surface area contributed by atoms with Gasteiger partial charge in [0.2, 0.25) is 0 Å². The largest absolute Gasteiger partial charge is 0.497 e. The molecule has 3 heteroatoms. The van der Waals surface area contributed by atoms with Crippen molar-refractivity contribution in [1.29, 1.82) is 0 Å². The van der Waals surface area contributed by atoms with Gasteiger partial charge in [0.15, 0.2) is 0 Å². The zero-order valence-electron chi connectivity index (χ0n) is 12.3. The molecule has 1 fully saturated rings. The molecule has 3 nitrogen and oxygen atoms in total. The van der Waals surface area contributed by atoms with Crippen LogP contribution >= 0.6 is 0 Å². The quantitative estimate of drug-likeness (QED) is 0.810. The molecule has 0 bridgehead atoms. The molecule has 2 aliphatic rings. The van der Waals surface area contributed by atoms with Crippen molar-refractivity contribution in [3.63, 3.8) is 0 Å². The summed E-state index contributed by atoms with van der Waals surface area (Å²) in [5, 5.41) is 7.42. The van der Waals surface area contributed by atoms with Crippen molar-refractivity contribution in [1.82, 2.24) is 10.6 Å². The summed E-state index contributed by atoms with van der Waals surface area (Å²) in [6, 6.07) is 0.589. The van der Waals surface area contributed by atoms with Crippen LogP contribution in [0.4, 0.5) is 0 Å². The summed E-state index contributed by atoms with van der Waals surface area (Å²) in [4.78, 5) is 0. The zero-order valence-corrected chi connectivity index (χ0v) is 12.3. The normalized spacial score (nSPS) is 31.0. The highest BCUT2D eigenvalue weighted by Crippen LogP contribution is 2.28. The lowest BCUT2D eigenvalue weighted by atomic mass is 9.79. The molecule has 1 unspecified atom stereocenters. The van der Waals surface area contributed by atoms with Gasteiger partial charge >= 0.3 is 0 Å². The van der Waals surface area contributed by atoms with Gasteiger partial charge in [-0.3, -0.25) is 0 Å². The van der Waals surface area contributed by atoms with Gasteiger partial charge in [-0.25, -0.2) is 0 Å². The maximum Gasteiger partial charge on any atom is 0.110 e. The van der Waals surface area contributed by atoms with Gasteiger partial charge in [0.1, 0.15) is 6.10 Å². The molecule has 1 atom stereocenters. The Balaban J connectivity index is 1.83. The number of piperidine rings is 1. The lowest BCUT2D eigenvalue weighted by molar-refractivity contribution is 0.100. The van der Waals surface area contributed by atoms with E-state index in [2.05, 4.69) is 44.4 Å². The first-order chi connectivity index (χ1) is 8.36. The minimum Gasteiger partial charge on any atom is -0.497 e. The van der Waals surface area contributed by atoms with Crippen molar-refractivity contribution in [2.24, 2.45) is 0 Å². The fourth-order valence-electron chi connectivity index (χ4n) is 3.50. The molecular weight excluding hydrogens is 224 g/mol. The summed E-state index contributed by atoms with van der Waals surface area (Å²) in [7, 11) is 0. The summed E-state index contributed by atoms with van der Waals surface area (Å²) in [5.74, 6) is 0. The minimum absolute atomic E-state index is 0.215. The van der Waals surface area contributed by atoms with E-state index in [1.807, 2.05) is 6.26 Å².